The Kier molecular flexibility index (Phi) is 15.3. The molecule has 0 aromatic rings. The summed E-state index contributed by atoms with van der Waals surface area (Å²) in [7, 11) is 0. The third-order valence-electron chi connectivity index (χ3n) is 3.29. The number of ether oxygens (including phenoxy) is 3. The fraction of sp³-hybridized carbons (Fsp3) is 0.824. The van der Waals surface area contributed by atoms with Gasteiger partial charge in [-0.25, -0.2) is 0 Å². The Balaban J connectivity index is 3.34. The first kappa shape index (κ1) is 22.1. The van der Waals surface area contributed by atoms with Gasteiger partial charge in [0.05, 0.1) is 46.2 Å². The molecule has 23 heavy (non-hydrogen) atoms. The van der Waals surface area contributed by atoms with E-state index in [-0.39, 0.29) is 12.5 Å². The number of amides is 1. The highest BCUT2D eigenvalue weighted by Crippen LogP contribution is 2.15. The Morgan fingerprint density at radius 2 is 1.65 bits per heavy atom. The number of aliphatic hydroxyl groups is 1. The molecule has 6 nitrogen and oxygen atoms in total. The van der Waals surface area contributed by atoms with E-state index in [4.69, 9.17) is 19.3 Å². The van der Waals surface area contributed by atoms with Gasteiger partial charge in [-0.05, 0) is 12.3 Å². The van der Waals surface area contributed by atoms with Crippen molar-refractivity contribution in [2.75, 3.05) is 52.8 Å². The molecule has 0 aliphatic heterocycles. The molecule has 0 bridgehead atoms. The molecular formula is C17H33NO5. The second-order valence-corrected chi connectivity index (χ2v) is 5.55. The summed E-state index contributed by atoms with van der Waals surface area (Å²) in [5, 5.41) is 11.3. The minimum absolute atomic E-state index is 0.000754. The minimum Gasteiger partial charge on any atom is -0.394 e. The second-order valence-electron chi connectivity index (χ2n) is 5.55. The summed E-state index contributed by atoms with van der Waals surface area (Å²) in [5.41, 5.74) is 0.981. The molecule has 0 spiro atoms. The Labute approximate surface area is 140 Å². The third-order valence-corrected chi connectivity index (χ3v) is 3.29. The van der Waals surface area contributed by atoms with E-state index in [1.165, 1.54) is 0 Å². The van der Waals surface area contributed by atoms with Crippen LogP contribution in [0.2, 0.25) is 0 Å². The van der Waals surface area contributed by atoms with E-state index < -0.39 is 0 Å². The molecule has 0 fully saturated rings. The van der Waals surface area contributed by atoms with Crippen LogP contribution in [0.25, 0.3) is 0 Å². The summed E-state index contributed by atoms with van der Waals surface area (Å²) in [6, 6.07) is 0. The van der Waals surface area contributed by atoms with Gasteiger partial charge >= 0.3 is 0 Å². The lowest BCUT2D eigenvalue weighted by Gasteiger charge is -2.11. The van der Waals surface area contributed by atoms with Gasteiger partial charge in [0.15, 0.2) is 0 Å². The predicted octanol–water partition coefficient (Wildman–Crippen LogP) is 1.53. The molecule has 2 N–H and O–H groups in total. The number of carbonyl (C=O) groups is 1. The van der Waals surface area contributed by atoms with E-state index in [0.717, 1.165) is 18.4 Å². The third kappa shape index (κ3) is 15.7. The topological polar surface area (TPSA) is 77.0 Å². The van der Waals surface area contributed by atoms with E-state index in [1.54, 1.807) is 0 Å². The summed E-state index contributed by atoms with van der Waals surface area (Å²) >= 11 is 0. The van der Waals surface area contributed by atoms with Crippen LogP contribution in [-0.2, 0) is 19.0 Å². The Hall–Kier alpha value is -0.950. The van der Waals surface area contributed by atoms with E-state index in [9.17, 15) is 4.79 Å². The number of hydrogen-bond acceptors (Lipinski definition) is 5. The number of rotatable bonds is 16. The highest BCUT2D eigenvalue weighted by atomic mass is 16.5. The summed E-state index contributed by atoms with van der Waals surface area (Å²) < 4.78 is 15.7. The number of nitrogens with one attached hydrogen (secondary N) is 1. The van der Waals surface area contributed by atoms with Crippen LogP contribution >= 0.6 is 0 Å². The van der Waals surface area contributed by atoms with Crippen LogP contribution in [-0.4, -0.2) is 63.8 Å². The van der Waals surface area contributed by atoms with Crippen LogP contribution in [0.3, 0.4) is 0 Å². The van der Waals surface area contributed by atoms with Crippen LogP contribution in [0.1, 0.15) is 33.1 Å². The molecule has 6 heteroatoms. The molecule has 0 aliphatic rings. The molecule has 0 aromatic heterocycles. The smallest absolute Gasteiger partial charge is 0.224 e. The van der Waals surface area contributed by atoms with Crippen LogP contribution < -0.4 is 5.32 Å². The Bertz CT molecular complexity index is 309. The molecule has 0 radical (unpaired) electrons. The van der Waals surface area contributed by atoms with Crippen molar-refractivity contribution in [3.63, 3.8) is 0 Å². The molecule has 0 heterocycles. The quantitative estimate of drug-likeness (QED) is 0.331. The summed E-state index contributed by atoms with van der Waals surface area (Å²) in [6.45, 7) is 11.5. The first-order valence-electron chi connectivity index (χ1n) is 8.37. The monoisotopic (exact) mass is 331 g/mol. The SMILES string of the molecule is C=C(CC(=O)NCCOCCOCCOCCO)CC(C)CC. The van der Waals surface area contributed by atoms with E-state index >= 15 is 0 Å². The van der Waals surface area contributed by atoms with E-state index in [2.05, 4.69) is 25.7 Å². The average molecular weight is 331 g/mol. The van der Waals surface area contributed by atoms with Gasteiger partial charge in [0.1, 0.15) is 0 Å². The fourth-order valence-corrected chi connectivity index (χ4v) is 1.87. The molecular weight excluding hydrogens is 298 g/mol. The minimum atomic E-state index is -0.000754. The normalized spacial score (nSPS) is 12.1. The maximum absolute atomic E-state index is 11.7. The van der Waals surface area contributed by atoms with Crippen LogP contribution in [0, 0.1) is 5.92 Å². The Morgan fingerprint density at radius 1 is 1.09 bits per heavy atom. The Morgan fingerprint density at radius 3 is 2.22 bits per heavy atom. The highest BCUT2D eigenvalue weighted by molar-refractivity contribution is 5.78. The van der Waals surface area contributed by atoms with Crippen molar-refractivity contribution in [2.24, 2.45) is 5.92 Å². The van der Waals surface area contributed by atoms with Crippen LogP contribution in [0.15, 0.2) is 12.2 Å². The first-order valence-corrected chi connectivity index (χ1v) is 8.37. The predicted molar refractivity (Wildman–Crippen MR) is 90.4 cm³/mol. The first-order chi connectivity index (χ1) is 11.1. The van der Waals surface area contributed by atoms with Crippen molar-refractivity contribution in [1.82, 2.24) is 5.32 Å². The van der Waals surface area contributed by atoms with Crippen molar-refractivity contribution in [1.29, 1.82) is 0 Å². The molecule has 1 atom stereocenters. The van der Waals surface area contributed by atoms with Gasteiger partial charge in [-0.2, -0.15) is 0 Å². The number of carbonyl (C=O) groups excluding carboxylic acids is 1. The maximum atomic E-state index is 11.7. The van der Waals surface area contributed by atoms with Gasteiger partial charge < -0.3 is 24.6 Å². The largest absolute Gasteiger partial charge is 0.394 e. The molecule has 0 aromatic carbocycles. The molecule has 1 amide bonds. The lowest BCUT2D eigenvalue weighted by Crippen LogP contribution is -2.27. The van der Waals surface area contributed by atoms with Crippen LogP contribution in [0.5, 0.6) is 0 Å². The summed E-state index contributed by atoms with van der Waals surface area (Å²) in [5.74, 6) is 0.576. The average Bonchev–Trinajstić information content (AvgIpc) is 2.52. The number of hydrogen-bond donors (Lipinski definition) is 2. The van der Waals surface area contributed by atoms with Crippen LogP contribution in [0.4, 0.5) is 0 Å². The van der Waals surface area contributed by atoms with Crippen molar-refractivity contribution in [2.45, 2.75) is 33.1 Å². The summed E-state index contributed by atoms with van der Waals surface area (Å²) in [6.07, 6.45) is 2.39. The highest BCUT2D eigenvalue weighted by Gasteiger charge is 2.07. The van der Waals surface area contributed by atoms with E-state index in [0.29, 0.717) is 58.5 Å². The fourth-order valence-electron chi connectivity index (χ4n) is 1.87. The van der Waals surface area contributed by atoms with Gasteiger partial charge in [0.2, 0.25) is 5.91 Å². The number of aliphatic hydroxyl groups excluding tert-OH is 1. The molecule has 1 unspecified atom stereocenters. The van der Waals surface area contributed by atoms with Gasteiger partial charge in [0, 0.05) is 13.0 Å². The molecule has 0 rings (SSSR count). The van der Waals surface area contributed by atoms with Gasteiger partial charge in [-0.15, -0.1) is 0 Å². The van der Waals surface area contributed by atoms with Crippen molar-refractivity contribution in [3.8, 4) is 0 Å². The molecule has 0 aliphatic carbocycles. The lowest BCUT2D eigenvalue weighted by atomic mass is 9.98. The molecule has 136 valence electrons. The van der Waals surface area contributed by atoms with Gasteiger partial charge in [-0.3, -0.25) is 4.79 Å². The molecule has 0 saturated heterocycles. The van der Waals surface area contributed by atoms with Gasteiger partial charge in [-0.1, -0.05) is 32.4 Å². The zero-order valence-corrected chi connectivity index (χ0v) is 14.6. The summed E-state index contributed by atoms with van der Waals surface area (Å²) in [4.78, 5) is 11.7. The van der Waals surface area contributed by atoms with E-state index in [1.807, 2.05) is 0 Å². The maximum Gasteiger partial charge on any atom is 0.224 e. The van der Waals surface area contributed by atoms with Crippen molar-refractivity contribution >= 4 is 5.91 Å². The van der Waals surface area contributed by atoms with Gasteiger partial charge in [0.25, 0.3) is 0 Å². The van der Waals surface area contributed by atoms with Crippen molar-refractivity contribution < 1.29 is 24.1 Å². The standard InChI is InChI=1S/C17H33NO5/c1-4-15(2)13-16(3)14-17(20)18-5-7-21-9-11-23-12-10-22-8-6-19/h15,19H,3-14H2,1-2H3,(H,18,20). The zero-order chi connectivity index (χ0) is 17.3. The zero-order valence-electron chi connectivity index (χ0n) is 14.6. The molecule has 0 saturated carbocycles. The van der Waals surface area contributed by atoms with Crippen molar-refractivity contribution in [3.05, 3.63) is 12.2 Å². The lowest BCUT2D eigenvalue weighted by molar-refractivity contribution is -0.120. The second kappa shape index (κ2) is 15.9.